The van der Waals surface area contributed by atoms with Crippen LogP contribution in [0, 0.1) is 0 Å². The summed E-state index contributed by atoms with van der Waals surface area (Å²) in [6.07, 6.45) is 27.8. The highest BCUT2D eigenvalue weighted by atomic mass is 16.4. The zero-order chi connectivity index (χ0) is 20.9. The van der Waals surface area contributed by atoms with E-state index in [0.29, 0.717) is 6.54 Å². The average Bonchev–Trinajstić information content (AvgIpc) is 2.65. The summed E-state index contributed by atoms with van der Waals surface area (Å²) >= 11 is 0. The van der Waals surface area contributed by atoms with E-state index < -0.39 is 18.1 Å². The Morgan fingerprint density at radius 3 is 1.71 bits per heavy atom. The van der Waals surface area contributed by atoms with Gasteiger partial charge in [-0.1, -0.05) is 68.4 Å². The lowest BCUT2D eigenvalue weighted by Crippen LogP contribution is -2.45. The van der Waals surface area contributed by atoms with E-state index in [9.17, 15) is 9.90 Å². The Morgan fingerprint density at radius 2 is 1.29 bits per heavy atom. The molecule has 160 valence electrons. The van der Waals surface area contributed by atoms with E-state index in [2.05, 4.69) is 60.8 Å². The van der Waals surface area contributed by atoms with Crippen LogP contribution in [0.15, 0.2) is 48.6 Å². The Balaban J connectivity index is 3.54. The zero-order valence-electron chi connectivity index (χ0n) is 17.9. The highest BCUT2D eigenvalue weighted by molar-refractivity contribution is 5.74. The number of unbranched alkanes of at least 4 members (excludes halogenated alkanes) is 5. The van der Waals surface area contributed by atoms with Crippen LogP contribution in [0.5, 0.6) is 0 Å². The van der Waals surface area contributed by atoms with Crippen molar-refractivity contribution >= 4 is 5.97 Å². The molecule has 0 spiro atoms. The van der Waals surface area contributed by atoms with E-state index in [1.807, 2.05) is 0 Å². The van der Waals surface area contributed by atoms with Crippen LogP contribution in [0.3, 0.4) is 0 Å². The summed E-state index contributed by atoms with van der Waals surface area (Å²) in [5.41, 5.74) is 0. The van der Waals surface area contributed by atoms with Gasteiger partial charge in [0.05, 0.1) is 6.10 Å². The second kappa shape index (κ2) is 20.1. The maximum absolute atomic E-state index is 10.9. The molecule has 0 aliphatic rings. The van der Waals surface area contributed by atoms with Gasteiger partial charge in [0.1, 0.15) is 6.04 Å². The number of aliphatic hydroxyl groups is 1. The highest BCUT2D eigenvalue weighted by Gasteiger charge is 2.21. The standard InChI is InChI=1S/C24H41NO3/c1-3-4-5-6-7-8-9-10-11-12-13-14-15-16-17-18-19-20-21-25-23(22(2)26)24(27)28/h7-8,10-11,13-14,16-17,22-23,25-26H,3-6,9,12,15,18-21H2,1-2H3,(H,27,28)/t22-,23+/m1/s1. The number of carbonyl (C=O) groups is 1. The average molecular weight is 392 g/mol. The van der Waals surface area contributed by atoms with Crippen LogP contribution in [-0.4, -0.2) is 34.9 Å². The second-order valence-corrected chi connectivity index (χ2v) is 7.09. The number of rotatable bonds is 18. The Bertz CT molecular complexity index is 478. The van der Waals surface area contributed by atoms with Gasteiger partial charge in [0, 0.05) is 0 Å². The molecule has 28 heavy (non-hydrogen) atoms. The second-order valence-electron chi connectivity index (χ2n) is 7.09. The summed E-state index contributed by atoms with van der Waals surface area (Å²) < 4.78 is 0. The molecular weight excluding hydrogens is 350 g/mol. The first-order valence-corrected chi connectivity index (χ1v) is 10.8. The van der Waals surface area contributed by atoms with Crippen LogP contribution in [0.2, 0.25) is 0 Å². The summed E-state index contributed by atoms with van der Waals surface area (Å²) in [4.78, 5) is 10.9. The van der Waals surface area contributed by atoms with Crippen molar-refractivity contribution in [2.45, 2.75) is 90.2 Å². The van der Waals surface area contributed by atoms with Crippen LogP contribution >= 0.6 is 0 Å². The summed E-state index contributed by atoms with van der Waals surface area (Å²) in [5, 5.41) is 21.2. The molecule has 4 nitrogen and oxygen atoms in total. The van der Waals surface area contributed by atoms with Gasteiger partial charge in [-0.2, -0.15) is 0 Å². The lowest BCUT2D eigenvalue weighted by molar-refractivity contribution is -0.142. The van der Waals surface area contributed by atoms with Crippen molar-refractivity contribution in [3.63, 3.8) is 0 Å². The van der Waals surface area contributed by atoms with Gasteiger partial charge in [-0.25, -0.2) is 0 Å². The smallest absolute Gasteiger partial charge is 0.323 e. The Hall–Kier alpha value is -1.65. The monoisotopic (exact) mass is 391 g/mol. The van der Waals surface area contributed by atoms with Crippen molar-refractivity contribution < 1.29 is 15.0 Å². The topological polar surface area (TPSA) is 69.6 Å². The van der Waals surface area contributed by atoms with E-state index in [1.165, 1.54) is 32.6 Å². The largest absolute Gasteiger partial charge is 0.480 e. The van der Waals surface area contributed by atoms with Gasteiger partial charge in [0.25, 0.3) is 0 Å². The summed E-state index contributed by atoms with van der Waals surface area (Å²) in [5.74, 6) is -1.00. The SMILES string of the molecule is CCCCCC=CCC=CCC=CCC=CCCCCN[C@H](C(=O)O)[C@@H](C)O. The van der Waals surface area contributed by atoms with Crippen molar-refractivity contribution in [3.8, 4) is 0 Å². The molecule has 0 fully saturated rings. The molecule has 0 amide bonds. The molecule has 0 bridgehead atoms. The first kappa shape index (κ1) is 26.4. The molecule has 0 heterocycles. The number of aliphatic carboxylic acids is 1. The number of aliphatic hydroxyl groups excluding tert-OH is 1. The Kier molecular flexibility index (Phi) is 18.9. The molecule has 3 N–H and O–H groups in total. The molecule has 0 rings (SSSR count). The minimum Gasteiger partial charge on any atom is -0.480 e. The van der Waals surface area contributed by atoms with Crippen LogP contribution in [-0.2, 0) is 4.79 Å². The number of hydrogen-bond donors (Lipinski definition) is 3. The van der Waals surface area contributed by atoms with E-state index >= 15 is 0 Å². The fourth-order valence-corrected chi connectivity index (χ4v) is 2.67. The molecule has 4 heteroatoms. The normalized spacial score (nSPS) is 14.7. The molecule has 0 aromatic heterocycles. The zero-order valence-corrected chi connectivity index (χ0v) is 17.9. The van der Waals surface area contributed by atoms with Gasteiger partial charge in [-0.15, -0.1) is 0 Å². The summed E-state index contributed by atoms with van der Waals surface area (Å²) in [6.45, 7) is 4.33. The fraction of sp³-hybridized carbons (Fsp3) is 0.625. The minimum atomic E-state index is -1.00. The number of carboxylic acid groups (broad SMARTS) is 1. The molecule has 0 aliphatic heterocycles. The van der Waals surface area contributed by atoms with E-state index in [-0.39, 0.29) is 0 Å². The maximum atomic E-state index is 10.9. The van der Waals surface area contributed by atoms with Crippen molar-refractivity contribution in [2.75, 3.05) is 6.54 Å². The molecule has 0 unspecified atom stereocenters. The maximum Gasteiger partial charge on any atom is 0.323 e. The van der Waals surface area contributed by atoms with Crippen molar-refractivity contribution in [1.29, 1.82) is 0 Å². The molecule has 0 radical (unpaired) electrons. The predicted octanol–water partition coefficient (Wildman–Crippen LogP) is 5.56. The molecule has 0 aliphatic carbocycles. The minimum absolute atomic E-state index is 0.607. The van der Waals surface area contributed by atoms with E-state index in [1.54, 1.807) is 0 Å². The van der Waals surface area contributed by atoms with Crippen molar-refractivity contribution in [1.82, 2.24) is 5.32 Å². The van der Waals surface area contributed by atoms with Crippen molar-refractivity contribution in [3.05, 3.63) is 48.6 Å². The molecule has 2 atom stereocenters. The number of nitrogens with one attached hydrogen (secondary N) is 1. The molecule has 0 aromatic rings. The number of allylic oxidation sites excluding steroid dienone is 8. The van der Waals surface area contributed by atoms with Gasteiger partial charge in [-0.05, 0) is 64.8 Å². The number of carboxylic acids is 1. The lowest BCUT2D eigenvalue weighted by atomic mass is 10.1. The van der Waals surface area contributed by atoms with E-state index in [0.717, 1.165) is 38.5 Å². The molecule has 0 aromatic carbocycles. The summed E-state index contributed by atoms with van der Waals surface area (Å²) in [7, 11) is 0. The predicted molar refractivity (Wildman–Crippen MR) is 120 cm³/mol. The van der Waals surface area contributed by atoms with Crippen molar-refractivity contribution in [2.24, 2.45) is 0 Å². The third-order valence-corrected chi connectivity index (χ3v) is 4.37. The third kappa shape index (κ3) is 17.7. The van der Waals surface area contributed by atoms with Gasteiger partial charge < -0.3 is 15.5 Å². The summed E-state index contributed by atoms with van der Waals surface area (Å²) in [6, 6.07) is -0.878. The van der Waals surface area contributed by atoms with Gasteiger partial charge in [-0.3, -0.25) is 4.79 Å². The Labute approximate surface area is 172 Å². The van der Waals surface area contributed by atoms with Crippen LogP contribution in [0.4, 0.5) is 0 Å². The first-order chi connectivity index (χ1) is 13.6. The van der Waals surface area contributed by atoms with Gasteiger partial charge in [0.15, 0.2) is 0 Å². The van der Waals surface area contributed by atoms with Gasteiger partial charge >= 0.3 is 5.97 Å². The van der Waals surface area contributed by atoms with Crippen LogP contribution in [0.1, 0.15) is 78.1 Å². The molecular formula is C24H41NO3. The quantitative estimate of drug-likeness (QED) is 0.211. The Morgan fingerprint density at radius 1 is 0.821 bits per heavy atom. The molecule has 0 saturated carbocycles. The third-order valence-electron chi connectivity index (χ3n) is 4.37. The highest BCUT2D eigenvalue weighted by Crippen LogP contribution is 2.01. The van der Waals surface area contributed by atoms with E-state index in [4.69, 9.17) is 5.11 Å². The molecule has 0 saturated heterocycles. The first-order valence-electron chi connectivity index (χ1n) is 10.8. The number of hydrogen-bond acceptors (Lipinski definition) is 3. The lowest BCUT2D eigenvalue weighted by Gasteiger charge is -2.16. The fourth-order valence-electron chi connectivity index (χ4n) is 2.67. The van der Waals surface area contributed by atoms with Crippen LogP contribution in [0.25, 0.3) is 0 Å². The van der Waals surface area contributed by atoms with Crippen LogP contribution < -0.4 is 5.32 Å². The van der Waals surface area contributed by atoms with Gasteiger partial charge in [0.2, 0.25) is 0 Å².